The Bertz CT molecular complexity index is 1680. The Hall–Kier alpha value is -1.94. The van der Waals surface area contributed by atoms with Gasteiger partial charge in [-0.15, -0.1) is 0 Å². The summed E-state index contributed by atoms with van der Waals surface area (Å²) in [5.74, 6) is 0.733. The number of carbonyl (C=O) groups excluding carboxylic acids is 4. The van der Waals surface area contributed by atoms with Gasteiger partial charge in [-0.25, -0.2) is 9.13 Å². The highest BCUT2D eigenvalue weighted by Crippen LogP contribution is 2.45. The van der Waals surface area contributed by atoms with Gasteiger partial charge in [0.15, 0.2) is 12.2 Å². The first-order chi connectivity index (χ1) is 40.1. The molecule has 0 aliphatic carbocycles. The zero-order valence-electron chi connectivity index (χ0n) is 54.5. The van der Waals surface area contributed by atoms with E-state index in [2.05, 4.69) is 55.4 Å². The Morgan fingerprint density at radius 3 is 0.845 bits per heavy atom. The zero-order valence-corrected chi connectivity index (χ0v) is 56.3. The van der Waals surface area contributed by atoms with E-state index in [-0.39, 0.29) is 25.7 Å². The van der Waals surface area contributed by atoms with Crippen molar-refractivity contribution in [3.63, 3.8) is 0 Å². The zero-order chi connectivity index (χ0) is 62.5. The molecule has 84 heavy (non-hydrogen) atoms. The van der Waals surface area contributed by atoms with Gasteiger partial charge < -0.3 is 33.8 Å². The average Bonchev–Trinajstić information content (AvgIpc) is 3.62. The van der Waals surface area contributed by atoms with Crippen LogP contribution in [-0.4, -0.2) is 96.7 Å². The highest BCUT2D eigenvalue weighted by Gasteiger charge is 2.30. The lowest BCUT2D eigenvalue weighted by molar-refractivity contribution is -0.161. The van der Waals surface area contributed by atoms with Gasteiger partial charge in [-0.2, -0.15) is 0 Å². The first kappa shape index (κ1) is 82.1. The van der Waals surface area contributed by atoms with Gasteiger partial charge in [-0.3, -0.25) is 37.3 Å². The average molecular weight is 1240 g/mol. The van der Waals surface area contributed by atoms with E-state index in [0.29, 0.717) is 37.5 Å². The summed E-state index contributed by atoms with van der Waals surface area (Å²) in [4.78, 5) is 72.2. The quantitative estimate of drug-likeness (QED) is 0.0222. The Labute approximate surface area is 511 Å². The predicted molar refractivity (Wildman–Crippen MR) is 335 cm³/mol. The molecule has 0 radical (unpaired) electrons. The van der Waals surface area contributed by atoms with Crippen LogP contribution in [-0.2, 0) is 65.4 Å². The van der Waals surface area contributed by atoms with E-state index in [1.54, 1.807) is 0 Å². The van der Waals surface area contributed by atoms with E-state index in [4.69, 9.17) is 37.0 Å². The number of rotatable bonds is 62. The van der Waals surface area contributed by atoms with Crippen molar-refractivity contribution in [3.8, 4) is 0 Å². The summed E-state index contributed by atoms with van der Waals surface area (Å²) < 4.78 is 68.0. The van der Waals surface area contributed by atoms with Gasteiger partial charge in [0.25, 0.3) is 0 Å². The number of phosphoric ester groups is 2. The molecule has 0 saturated carbocycles. The summed E-state index contributed by atoms with van der Waals surface area (Å²) in [7, 11) is -9.89. The number of carbonyl (C=O) groups is 4. The van der Waals surface area contributed by atoms with Crippen molar-refractivity contribution in [1.82, 2.24) is 0 Å². The molecule has 17 nitrogen and oxygen atoms in total. The molecule has 0 aromatic carbocycles. The second-order valence-electron chi connectivity index (χ2n) is 25.2. The van der Waals surface area contributed by atoms with Gasteiger partial charge in [0.1, 0.15) is 19.3 Å². The Balaban J connectivity index is 5.21. The molecule has 4 unspecified atom stereocenters. The summed E-state index contributed by atoms with van der Waals surface area (Å²) in [5, 5.41) is 10.5. The van der Waals surface area contributed by atoms with E-state index in [1.807, 2.05) is 0 Å². The van der Waals surface area contributed by atoms with Crippen LogP contribution in [0.3, 0.4) is 0 Å². The van der Waals surface area contributed by atoms with Crippen LogP contribution in [0.25, 0.3) is 0 Å². The molecule has 19 heteroatoms. The maximum atomic E-state index is 13.0. The lowest BCUT2D eigenvalue weighted by atomic mass is 10.00. The molecule has 0 heterocycles. The standard InChI is InChI=1S/C65H126O17P2/c1-9-58(8)44-36-28-22-24-32-40-48-65(70)82-61(52-76-63(68)46-38-30-20-16-18-26-34-42-56(4)5)54-80-84(73,74)78-50-59(66)49-77-83(71,72)79-53-60(81-64(69)47-39-31-23-21-27-35-43-57(6)7)51-75-62(67)45-37-29-19-15-13-11-10-12-14-17-25-33-41-55(2)3/h55-61,66H,9-54H2,1-8H3,(H,71,72)(H,73,74)/t58?,59?,60-,61-/m1/s1. The lowest BCUT2D eigenvalue weighted by Gasteiger charge is -2.21. The lowest BCUT2D eigenvalue weighted by Crippen LogP contribution is -2.30. The van der Waals surface area contributed by atoms with Gasteiger partial charge in [0.05, 0.1) is 26.4 Å². The van der Waals surface area contributed by atoms with Crippen molar-refractivity contribution in [2.24, 2.45) is 23.7 Å². The number of unbranched alkanes of at least 4 members (excludes halogenated alkanes) is 27. The number of aliphatic hydroxyl groups excluding tert-OH is 1. The normalized spacial score (nSPS) is 14.7. The second kappa shape index (κ2) is 55.2. The van der Waals surface area contributed by atoms with Crippen LogP contribution in [0, 0.1) is 23.7 Å². The third-order valence-electron chi connectivity index (χ3n) is 15.2. The van der Waals surface area contributed by atoms with Crippen LogP contribution in [0.4, 0.5) is 0 Å². The molecule has 0 bridgehead atoms. The summed E-state index contributed by atoms with van der Waals surface area (Å²) in [6.45, 7) is 13.9. The van der Waals surface area contributed by atoms with Crippen molar-refractivity contribution in [1.29, 1.82) is 0 Å². The SMILES string of the molecule is CCC(C)CCCCCCCCC(=O)O[C@H](COC(=O)CCCCCCCCCC(C)C)COP(=O)(O)OCC(O)COP(=O)(O)OC[C@@H](COC(=O)CCCCCCCCCCCCCCC(C)C)OC(=O)CCCCCCCCC(C)C. The number of hydrogen-bond donors (Lipinski definition) is 3. The minimum absolute atomic E-state index is 0.101. The van der Waals surface area contributed by atoms with Crippen LogP contribution in [0.15, 0.2) is 0 Å². The highest BCUT2D eigenvalue weighted by atomic mass is 31.2. The third kappa shape index (κ3) is 57.8. The molecule has 0 aliphatic heterocycles. The molecule has 0 saturated heterocycles. The van der Waals surface area contributed by atoms with Gasteiger partial charge in [0, 0.05) is 25.7 Å². The summed E-state index contributed by atoms with van der Waals surface area (Å²) in [5.41, 5.74) is 0. The first-order valence-electron chi connectivity index (χ1n) is 33.7. The largest absolute Gasteiger partial charge is 0.472 e. The smallest absolute Gasteiger partial charge is 0.462 e. The molecule has 498 valence electrons. The fourth-order valence-corrected chi connectivity index (χ4v) is 11.2. The molecule has 0 rings (SSSR count). The second-order valence-corrected chi connectivity index (χ2v) is 28.1. The number of phosphoric acid groups is 2. The molecular weight excluding hydrogens is 1110 g/mol. The summed E-state index contributed by atoms with van der Waals surface area (Å²) >= 11 is 0. The van der Waals surface area contributed by atoms with Crippen LogP contribution in [0.1, 0.15) is 312 Å². The van der Waals surface area contributed by atoms with E-state index < -0.39 is 97.5 Å². The van der Waals surface area contributed by atoms with Gasteiger partial charge in [-0.05, 0) is 49.4 Å². The Kier molecular flexibility index (Phi) is 53.9. The maximum absolute atomic E-state index is 13.0. The molecule has 3 N–H and O–H groups in total. The fourth-order valence-electron chi connectivity index (χ4n) is 9.57. The predicted octanol–water partition coefficient (Wildman–Crippen LogP) is 17.8. The van der Waals surface area contributed by atoms with E-state index in [1.165, 1.54) is 109 Å². The van der Waals surface area contributed by atoms with Crippen molar-refractivity contribution in [2.75, 3.05) is 39.6 Å². The van der Waals surface area contributed by atoms with Gasteiger partial charge >= 0.3 is 39.5 Å². The van der Waals surface area contributed by atoms with Crippen molar-refractivity contribution in [2.45, 2.75) is 331 Å². The highest BCUT2D eigenvalue weighted by molar-refractivity contribution is 7.47. The molecule has 6 atom stereocenters. The van der Waals surface area contributed by atoms with Crippen LogP contribution >= 0.6 is 15.6 Å². The molecule has 0 fully saturated rings. The monoisotopic (exact) mass is 1240 g/mol. The summed E-state index contributed by atoms with van der Waals surface area (Å²) in [6.07, 6.45) is 35.1. The van der Waals surface area contributed by atoms with Crippen LogP contribution in [0.5, 0.6) is 0 Å². The molecule has 0 aromatic rings. The van der Waals surface area contributed by atoms with E-state index in [9.17, 15) is 43.2 Å². The summed E-state index contributed by atoms with van der Waals surface area (Å²) in [6, 6.07) is 0. The topological polar surface area (TPSA) is 237 Å². The molecule has 0 aromatic heterocycles. The van der Waals surface area contributed by atoms with Crippen LogP contribution < -0.4 is 0 Å². The number of hydrogen-bond acceptors (Lipinski definition) is 15. The van der Waals surface area contributed by atoms with Crippen molar-refractivity contribution >= 4 is 39.5 Å². The maximum Gasteiger partial charge on any atom is 0.472 e. The minimum Gasteiger partial charge on any atom is -0.462 e. The molecule has 0 amide bonds. The van der Waals surface area contributed by atoms with Crippen LogP contribution in [0.2, 0.25) is 0 Å². The van der Waals surface area contributed by atoms with Crippen molar-refractivity contribution in [3.05, 3.63) is 0 Å². The Morgan fingerprint density at radius 2 is 0.571 bits per heavy atom. The van der Waals surface area contributed by atoms with Gasteiger partial charge in [0.2, 0.25) is 0 Å². The third-order valence-corrected chi connectivity index (χ3v) is 17.1. The van der Waals surface area contributed by atoms with Crippen molar-refractivity contribution < 1.29 is 80.2 Å². The number of aliphatic hydroxyl groups is 1. The molecule has 0 spiro atoms. The van der Waals surface area contributed by atoms with E-state index >= 15 is 0 Å². The fraction of sp³-hybridized carbons (Fsp3) is 0.938. The minimum atomic E-state index is -4.95. The number of ether oxygens (including phenoxy) is 4. The molecular formula is C65H126O17P2. The molecule has 0 aliphatic rings. The first-order valence-corrected chi connectivity index (χ1v) is 36.7. The van der Waals surface area contributed by atoms with Gasteiger partial charge in [-0.1, -0.05) is 261 Å². The Morgan fingerprint density at radius 1 is 0.333 bits per heavy atom. The van der Waals surface area contributed by atoms with E-state index in [0.717, 1.165) is 108 Å². The number of esters is 4.